The molecule has 1 aliphatic heterocycles. The maximum Gasteiger partial charge on any atom is 0.135 e. The van der Waals surface area contributed by atoms with Crippen LogP contribution < -0.4 is 14.5 Å². The molecule has 7 aromatic carbocycles. The Kier molecular flexibility index (Phi) is 7.34. The molecule has 3 heterocycles. The fourth-order valence-corrected chi connectivity index (χ4v) is 7.66. The summed E-state index contributed by atoms with van der Waals surface area (Å²) < 4.78 is 124. The van der Waals surface area contributed by atoms with Gasteiger partial charge in [0, 0.05) is 72.4 Å². The van der Waals surface area contributed by atoms with Crippen LogP contribution in [0.1, 0.15) is 70.5 Å². The number of rotatable bonds is 7. The number of benzene rings is 7. The summed E-state index contributed by atoms with van der Waals surface area (Å²) in [6.07, 6.45) is -0.248. The normalized spacial score (nSPS) is 15.7. The third kappa shape index (κ3) is 7.49. The van der Waals surface area contributed by atoms with E-state index in [2.05, 4.69) is 17.1 Å². The van der Waals surface area contributed by atoms with Crippen molar-refractivity contribution in [3.8, 4) is 39.6 Å². The quantitative estimate of drug-likeness (QED) is 0.149. The number of para-hydroxylation sites is 3. The van der Waals surface area contributed by atoms with Gasteiger partial charge in [-0.2, -0.15) is 12.1 Å². The summed E-state index contributed by atoms with van der Waals surface area (Å²) in [4.78, 5) is 8.06. The van der Waals surface area contributed by atoms with Crippen molar-refractivity contribution in [3.05, 3.63) is 200 Å². The fourth-order valence-electron chi connectivity index (χ4n) is 7.66. The monoisotopic (exact) mass is 999 g/mol. The van der Waals surface area contributed by atoms with Crippen LogP contribution in [0.4, 0.5) is 22.7 Å². The molecular formula is C56H47N4OPt-3. The summed E-state index contributed by atoms with van der Waals surface area (Å²) in [5, 5.41) is 1.67. The van der Waals surface area contributed by atoms with Crippen molar-refractivity contribution in [2.45, 2.75) is 52.4 Å². The van der Waals surface area contributed by atoms with E-state index in [0.29, 0.717) is 45.2 Å². The second-order valence-electron chi connectivity index (χ2n) is 16.9. The van der Waals surface area contributed by atoms with E-state index in [1.54, 1.807) is 46.5 Å². The Bertz CT molecular complexity index is 3700. The Labute approximate surface area is 397 Å². The summed E-state index contributed by atoms with van der Waals surface area (Å²) in [7, 11) is 0. The molecule has 9 aromatic rings. The van der Waals surface area contributed by atoms with Crippen LogP contribution >= 0.6 is 0 Å². The molecule has 0 saturated heterocycles. The number of aromatic nitrogens is 2. The SMILES string of the molecule is [2H]c1nc(-n2c3[c-]c(Oc4[c-]c(N5[CH-]N(c6c(-c7c([2H])c([2H])c([2H])c([2H])c7[2H])cc(C(C)(C)C)cc6-c6c([2H])c([2H])c([2H])c([2H])c6[2H])c6ccccc65)ccc4)ccc3c3ccccc32)c([2H])c(C(C)(C)C)c1[2H].[Pt]. The second-order valence-corrected chi connectivity index (χ2v) is 16.9. The molecule has 310 valence electrons. The van der Waals surface area contributed by atoms with Crippen LogP contribution in [-0.4, -0.2) is 9.55 Å². The average molecular weight is 1000 g/mol. The summed E-state index contributed by atoms with van der Waals surface area (Å²) >= 11 is 0. The maximum atomic E-state index is 9.33. The van der Waals surface area contributed by atoms with Crippen molar-refractivity contribution in [1.29, 1.82) is 0 Å². The van der Waals surface area contributed by atoms with Gasteiger partial charge >= 0.3 is 0 Å². The third-order valence-corrected chi connectivity index (χ3v) is 10.7. The molecule has 0 aliphatic carbocycles. The molecule has 2 aromatic heterocycles. The predicted octanol–water partition coefficient (Wildman–Crippen LogP) is 14.9. The number of fused-ring (bicyclic) bond motifs is 4. The molecule has 0 fully saturated rings. The Morgan fingerprint density at radius 3 is 1.89 bits per heavy atom. The molecule has 62 heavy (non-hydrogen) atoms. The first-order chi connectivity index (χ1) is 34.9. The van der Waals surface area contributed by atoms with Crippen LogP contribution in [0.25, 0.3) is 49.9 Å². The van der Waals surface area contributed by atoms with Crippen LogP contribution in [-0.2, 0) is 31.9 Å². The molecule has 1 aliphatic rings. The molecule has 5 nitrogen and oxygen atoms in total. The first kappa shape index (κ1) is 28.2. The Morgan fingerprint density at radius 2 is 1.23 bits per heavy atom. The minimum atomic E-state index is -0.647. The second kappa shape index (κ2) is 16.1. The molecule has 0 radical (unpaired) electrons. The van der Waals surface area contributed by atoms with Crippen LogP contribution in [0.5, 0.6) is 11.5 Å². The largest absolute Gasteiger partial charge is 0.509 e. The van der Waals surface area contributed by atoms with Crippen molar-refractivity contribution < 1.29 is 43.6 Å². The van der Waals surface area contributed by atoms with Crippen molar-refractivity contribution in [2.24, 2.45) is 0 Å². The maximum absolute atomic E-state index is 9.33. The van der Waals surface area contributed by atoms with Crippen LogP contribution in [0.2, 0.25) is 0 Å². The number of nitrogens with zero attached hydrogens (tertiary/aromatic N) is 4. The first-order valence-electron chi connectivity index (χ1n) is 26.4. The van der Waals surface area contributed by atoms with Crippen molar-refractivity contribution in [2.75, 3.05) is 9.80 Å². The van der Waals surface area contributed by atoms with E-state index >= 15 is 0 Å². The zero-order valence-electron chi connectivity index (χ0n) is 47.8. The summed E-state index contributed by atoms with van der Waals surface area (Å²) in [6.45, 7) is 13.2. The van der Waals surface area contributed by atoms with Gasteiger partial charge in [0.25, 0.3) is 0 Å². The fraction of sp³-hybridized carbons (Fsp3) is 0.143. The van der Waals surface area contributed by atoms with Crippen LogP contribution in [0.3, 0.4) is 0 Å². The van der Waals surface area contributed by atoms with E-state index in [1.165, 1.54) is 0 Å². The Balaban J connectivity index is 0.00000689. The molecule has 0 unspecified atom stereocenters. The average Bonchev–Trinajstić information content (AvgIpc) is 3.91. The van der Waals surface area contributed by atoms with Gasteiger partial charge in [0.05, 0.1) is 17.8 Å². The number of hydrogen-bond acceptors (Lipinski definition) is 4. The minimum Gasteiger partial charge on any atom is -0.509 e. The van der Waals surface area contributed by atoms with Gasteiger partial charge in [-0.25, -0.2) is 4.98 Å². The zero-order valence-corrected chi connectivity index (χ0v) is 37.0. The predicted molar refractivity (Wildman–Crippen MR) is 252 cm³/mol. The van der Waals surface area contributed by atoms with Gasteiger partial charge in [-0.3, -0.25) is 0 Å². The van der Waals surface area contributed by atoms with Crippen molar-refractivity contribution in [1.82, 2.24) is 9.55 Å². The molecule has 0 spiro atoms. The standard InChI is InChI=1S/C56H47N4O.Pt/c1-55(2,3)40-30-31-57-53(34-40)60-49-25-14-13-24-45(49)46-29-28-44(36-52(46)60)61-43-23-17-22-42(35-43)58-37-59(51-27-16-15-26-50(51)58)54-47(38-18-9-7-10-19-38)32-41(56(4,5)6)33-48(54)39-20-11-8-12-21-39;/h7-34,37H,1-6H3;/q-3;/i7D,8D,9D,10D,11D,12D,18D,19D,20D,21D,30D,31D,34D;. The van der Waals surface area contributed by atoms with Crippen molar-refractivity contribution >= 4 is 44.6 Å². The first-order valence-corrected chi connectivity index (χ1v) is 19.9. The number of hydrogen-bond donors (Lipinski definition) is 0. The Hall–Kier alpha value is -6.42. The molecule has 0 N–H and O–H groups in total. The van der Waals surface area contributed by atoms with Gasteiger partial charge in [0.1, 0.15) is 5.82 Å². The molecular weight excluding hydrogens is 940 g/mol. The van der Waals surface area contributed by atoms with Gasteiger partial charge in [-0.1, -0.05) is 138 Å². The molecule has 0 bridgehead atoms. The smallest absolute Gasteiger partial charge is 0.135 e. The molecule has 6 heteroatoms. The molecule has 0 atom stereocenters. The minimum absolute atomic E-state index is 0. The number of ether oxygens (including phenoxy) is 1. The van der Waals surface area contributed by atoms with Gasteiger partial charge in [-0.15, -0.1) is 48.1 Å². The summed E-state index contributed by atoms with van der Waals surface area (Å²) in [6, 6.07) is 28.9. The molecule has 0 amide bonds. The summed E-state index contributed by atoms with van der Waals surface area (Å²) in [5.74, 6) is 0.786. The van der Waals surface area contributed by atoms with Gasteiger partial charge in [0.2, 0.25) is 0 Å². The number of pyridine rings is 1. The van der Waals surface area contributed by atoms with E-state index in [4.69, 9.17) is 15.7 Å². The number of anilines is 4. The van der Waals surface area contributed by atoms with Crippen LogP contribution in [0, 0.1) is 18.8 Å². The zero-order chi connectivity index (χ0) is 53.2. The van der Waals surface area contributed by atoms with E-state index in [1.807, 2.05) is 107 Å². The third-order valence-electron chi connectivity index (χ3n) is 10.7. The van der Waals surface area contributed by atoms with Gasteiger partial charge in [0.15, 0.2) is 0 Å². The van der Waals surface area contributed by atoms with Crippen LogP contribution in [0.15, 0.2) is 170 Å². The van der Waals surface area contributed by atoms with E-state index in [-0.39, 0.29) is 73.1 Å². The molecule has 0 saturated carbocycles. The van der Waals surface area contributed by atoms with E-state index < -0.39 is 71.3 Å². The summed E-state index contributed by atoms with van der Waals surface area (Å²) in [5.41, 5.74) is 2.94. The Morgan fingerprint density at radius 1 is 0.613 bits per heavy atom. The van der Waals surface area contributed by atoms with Crippen molar-refractivity contribution in [3.63, 3.8) is 0 Å². The van der Waals surface area contributed by atoms with E-state index in [0.717, 1.165) is 16.3 Å². The topological polar surface area (TPSA) is 33.5 Å². The van der Waals surface area contributed by atoms with Gasteiger partial charge < -0.3 is 19.1 Å². The van der Waals surface area contributed by atoms with Gasteiger partial charge in [-0.05, 0) is 80.9 Å². The van der Waals surface area contributed by atoms with E-state index in [9.17, 15) is 6.85 Å². The molecule has 10 rings (SSSR count).